The molecule has 0 bridgehead atoms. The molecule has 48 heavy (non-hydrogen) atoms. The van der Waals surface area contributed by atoms with Gasteiger partial charge in [0.2, 0.25) is 0 Å². The van der Waals surface area contributed by atoms with Crippen LogP contribution in [0.4, 0.5) is 0 Å². The fourth-order valence-electron chi connectivity index (χ4n) is 10.5. The highest BCUT2D eigenvalue weighted by molar-refractivity contribution is 7.09. The maximum absolute atomic E-state index is 12.3. The van der Waals surface area contributed by atoms with Crippen molar-refractivity contribution in [3.63, 3.8) is 0 Å². The van der Waals surface area contributed by atoms with Gasteiger partial charge in [-0.3, -0.25) is 4.79 Å². The summed E-state index contributed by atoms with van der Waals surface area (Å²) >= 11 is 1.54. The average Bonchev–Trinajstić information content (AvgIpc) is 3.71. The van der Waals surface area contributed by atoms with Gasteiger partial charge in [-0.2, -0.15) is 0 Å². The molecule has 8 heteroatoms. The van der Waals surface area contributed by atoms with Crippen molar-refractivity contribution in [2.75, 3.05) is 13.2 Å². The Morgan fingerprint density at radius 3 is 2.12 bits per heavy atom. The number of carbonyl (C=O) groups excluding carboxylic acids is 1. The van der Waals surface area contributed by atoms with Crippen molar-refractivity contribution < 1.29 is 24.2 Å². The topological polar surface area (TPSA) is 88.9 Å². The lowest BCUT2D eigenvalue weighted by Crippen LogP contribution is -2.68. The van der Waals surface area contributed by atoms with Crippen molar-refractivity contribution in [1.82, 2.24) is 4.98 Å². The van der Waals surface area contributed by atoms with E-state index in [4.69, 9.17) is 9.16 Å². The molecule has 0 radical (unpaired) electrons. The average molecular weight is 690 g/mol. The van der Waals surface area contributed by atoms with Crippen LogP contribution in [0.25, 0.3) is 0 Å². The molecule has 260 valence electrons. The summed E-state index contributed by atoms with van der Waals surface area (Å²) in [5.74, 6) is 0.311. The third kappa shape index (κ3) is 5.83. The molecule has 3 aliphatic carbocycles. The number of nitrogens with zero attached hydrogens (tertiary/aromatic N) is 1. The fraction of sp³-hybridized carbons (Fsp3) is 0.600. The second kappa shape index (κ2) is 13.4. The predicted molar refractivity (Wildman–Crippen MR) is 195 cm³/mol. The van der Waals surface area contributed by atoms with E-state index >= 15 is 0 Å². The maximum Gasteiger partial charge on any atom is 0.302 e. The number of carbonyl (C=O) groups is 1. The van der Waals surface area contributed by atoms with Gasteiger partial charge in [-0.25, -0.2) is 4.98 Å². The van der Waals surface area contributed by atoms with E-state index in [1.54, 1.807) is 17.5 Å². The monoisotopic (exact) mass is 689 g/mol. The zero-order valence-electron chi connectivity index (χ0n) is 29.7. The highest BCUT2D eigenvalue weighted by atomic mass is 32.1. The van der Waals surface area contributed by atoms with Crippen LogP contribution in [0.5, 0.6) is 0 Å². The number of fused-ring (bicyclic) bond motifs is 1. The third-order valence-corrected chi connectivity index (χ3v) is 19.2. The summed E-state index contributed by atoms with van der Waals surface area (Å²) in [6.07, 6.45) is 7.79. The number of hydrogen-bond donors (Lipinski definition) is 2. The van der Waals surface area contributed by atoms with Crippen molar-refractivity contribution >= 4 is 36.0 Å². The second-order valence-electron chi connectivity index (χ2n) is 16.4. The van der Waals surface area contributed by atoms with Gasteiger partial charge in [0, 0.05) is 42.5 Å². The number of aromatic nitrogens is 1. The normalized spacial score (nSPS) is 34.0. The summed E-state index contributed by atoms with van der Waals surface area (Å²) in [4.78, 5) is 16.8. The van der Waals surface area contributed by atoms with E-state index in [0.717, 1.165) is 43.5 Å². The molecule has 1 aromatic heterocycles. The number of ether oxygens (including phenoxy) is 1. The SMILES string of the molecule is CC(=O)OC[C@H]1C[C@@H](O[Si](c2ccccc2)(c2ccccc2)C(C)(C)C)CC[C@]1(C)[C@H]1CC[C@@]2(C)[C@@H](CC[C@@]2(O)c2nccs2)[C@@H]1CO. The van der Waals surface area contributed by atoms with Crippen LogP contribution in [0.15, 0.2) is 72.2 Å². The van der Waals surface area contributed by atoms with E-state index in [1.807, 2.05) is 5.38 Å². The minimum absolute atomic E-state index is 0.00726. The van der Waals surface area contributed by atoms with Gasteiger partial charge < -0.3 is 19.4 Å². The van der Waals surface area contributed by atoms with Gasteiger partial charge >= 0.3 is 5.97 Å². The van der Waals surface area contributed by atoms with Crippen molar-refractivity contribution in [3.8, 4) is 0 Å². The van der Waals surface area contributed by atoms with Crippen LogP contribution >= 0.6 is 11.3 Å². The smallest absolute Gasteiger partial charge is 0.302 e. The molecule has 0 amide bonds. The second-order valence-corrected chi connectivity index (χ2v) is 21.6. The molecule has 0 aliphatic heterocycles. The fourth-order valence-corrected chi connectivity index (χ4v) is 16.2. The van der Waals surface area contributed by atoms with Crippen molar-refractivity contribution in [2.24, 2.45) is 34.5 Å². The first-order valence-electron chi connectivity index (χ1n) is 18.0. The molecule has 2 aromatic carbocycles. The van der Waals surface area contributed by atoms with Gasteiger partial charge in [-0.1, -0.05) is 95.3 Å². The molecule has 1 heterocycles. The van der Waals surface area contributed by atoms with Crippen LogP contribution in [-0.2, 0) is 19.6 Å². The molecule has 2 N–H and O–H groups in total. The maximum atomic E-state index is 12.3. The number of rotatable bonds is 9. The Morgan fingerprint density at radius 2 is 1.58 bits per heavy atom. The Kier molecular flexibility index (Phi) is 9.90. The summed E-state index contributed by atoms with van der Waals surface area (Å²) in [6.45, 7) is 13.5. The number of hydrogen-bond acceptors (Lipinski definition) is 7. The Hall–Kier alpha value is -2.36. The highest BCUT2D eigenvalue weighted by Gasteiger charge is 2.65. The van der Waals surface area contributed by atoms with E-state index in [1.165, 1.54) is 17.3 Å². The van der Waals surface area contributed by atoms with Crippen molar-refractivity contribution in [3.05, 3.63) is 77.2 Å². The van der Waals surface area contributed by atoms with Crippen LogP contribution in [0.2, 0.25) is 5.04 Å². The largest absolute Gasteiger partial charge is 0.466 e. The zero-order valence-corrected chi connectivity index (χ0v) is 31.5. The van der Waals surface area contributed by atoms with E-state index in [9.17, 15) is 15.0 Å². The molecule has 8 atom stereocenters. The molecule has 6 nitrogen and oxygen atoms in total. The minimum atomic E-state index is -2.77. The van der Waals surface area contributed by atoms with E-state index in [0.29, 0.717) is 13.0 Å². The Balaban J connectivity index is 1.33. The quantitative estimate of drug-likeness (QED) is 0.185. The molecule has 3 fully saturated rings. The van der Waals surface area contributed by atoms with E-state index in [-0.39, 0.29) is 58.2 Å². The summed E-state index contributed by atoms with van der Waals surface area (Å²) in [7, 11) is -2.77. The van der Waals surface area contributed by atoms with Gasteiger partial charge in [-0.15, -0.1) is 11.3 Å². The molecule has 0 unspecified atom stereocenters. The van der Waals surface area contributed by atoms with Gasteiger partial charge in [-0.05, 0) is 83.5 Å². The Bertz CT molecular complexity index is 1490. The first kappa shape index (κ1) is 35.5. The molecule has 6 rings (SSSR count). The molecule has 0 spiro atoms. The van der Waals surface area contributed by atoms with E-state index < -0.39 is 13.9 Å². The Labute approximate surface area is 292 Å². The lowest BCUT2D eigenvalue weighted by atomic mass is 9.48. The molecule has 3 saturated carbocycles. The molecule has 0 saturated heterocycles. The third-order valence-electron chi connectivity index (χ3n) is 13.2. The summed E-state index contributed by atoms with van der Waals surface area (Å²) in [5.41, 5.74) is -1.47. The number of aliphatic hydroxyl groups excluding tert-OH is 1. The van der Waals surface area contributed by atoms with Crippen LogP contribution in [0.1, 0.15) is 91.5 Å². The summed E-state index contributed by atoms with van der Waals surface area (Å²) in [5, 5.41) is 28.5. The standard InChI is InChI=1S/C40H55NO5SSi/c1-28(43)45-27-29-25-30(46-48(37(2,3)4,31-13-9-7-10-14-31)32-15-11-8-12-16-32)17-20-38(29,5)34-18-21-39(6)35(33(34)26-42)19-22-40(39,44)36-41-23-24-47-36/h7-16,23-24,29-30,33-35,42,44H,17-22,25-27H2,1-6H3/t29-,30+,33-,34+,35+,38+,39+,40-/m1/s1. The van der Waals surface area contributed by atoms with Gasteiger partial charge in [0.15, 0.2) is 0 Å². The minimum Gasteiger partial charge on any atom is -0.466 e. The molecule has 3 aromatic rings. The van der Waals surface area contributed by atoms with Crippen LogP contribution in [0, 0.1) is 34.5 Å². The number of benzene rings is 2. The predicted octanol–water partition coefficient (Wildman–Crippen LogP) is 7.08. The molecular weight excluding hydrogens is 635 g/mol. The zero-order chi connectivity index (χ0) is 34.4. The Morgan fingerprint density at radius 1 is 0.958 bits per heavy atom. The van der Waals surface area contributed by atoms with Gasteiger partial charge in [0.1, 0.15) is 10.6 Å². The number of esters is 1. The lowest BCUT2D eigenvalue weighted by molar-refractivity contribution is -0.161. The van der Waals surface area contributed by atoms with Crippen LogP contribution in [-0.4, -0.2) is 48.8 Å². The lowest BCUT2D eigenvalue weighted by Gasteiger charge is -2.58. The van der Waals surface area contributed by atoms with Crippen molar-refractivity contribution in [1.29, 1.82) is 0 Å². The molecule has 3 aliphatic rings. The van der Waals surface area contributed by atoms with Crippen LogP contribution < -0.4 is 10.4 Å². The summed E-state index contributed by atoms with van der Waals surface area (Å²) in [6, 6.07) is 21.6. The van der Waals surface area contributed by atoms with E-state index in [2.05, 4.69) is 100 Å². The summed E-state index contributed by atoms with van der Waals surface area (Å²) < 4.78 is 13.5. The molecular formula is C40H55NO5SSi. The highest BCUT2D eigenvalue weighted by Crippen LogP contribution is 2.67. The first-order chi connectivity index (χ1) is 22.8. The van der Waals surface area contributed by atoms with Crippen molar-refractivity contribution in [2.45, 2.75) is 103 Å². The number of aliphatic hydroxyl groups is 2. The first-order valence-corrected chi connectivity index (χ1v) is 20.7. The van der Waals surface area contributed by atoms with Gasteiger partial charge in [0.05, 0.1) is 6.61 Å². The van der Waals surface area contributed by atoms with Crippen LogP contribution in [0.3, 0.4) is 0 Å². The number of thiazole rings is 1. The van der Waals surface area contributed by atoms with Gasteiger partial charge in [0.25, 0.3) is 8.32 Å².